The highest BCUT2D eigenvalue weighted by atomic mass is 16.6. The first kappa shape index (κ1) is 67.6. The standard InChI is InChI=1S/C65H112O6/c1-4-7-10-13-16-19-21-23-24-25-26-27-28-29-30-31-32-33-34-35-36-37-38-39-40-42-43-46-49-52-55-58-64(67)70-61-62(60-69-63(66)57-54-51-48-45-18-15-12-9-6-3)71-65(68)59-56-53-50-47-44-41-22-20-17-14-11-8-5-2/h7,10-11,14,16,19-20,22-24,26-27,29-30,62H,4-6,8-9,12-13,15,17-18,21,25,28,31-61H2,1-3H3/b10-7-,14-11-,19-16-,22-20-,24-23-,27-26-,30-29-. The Morgan fingerprint density at radius 1 is 0.296 bits per heavy atom. The molecule has 0 bridgehead atoms. The average molecular weight is 990 g/mol. The molecule has 0 aliphatic carbocycles. The van der Waals surface area contributed by atoms with Gasteiger partial charge in [0.15, 0.2) is 6.10 Å². The lowest BCUT2D eigenvalue weighted by Crippen LogP contribution is -2.30. The number of ether oxygens (including phenoxy) is 3. The molecule has 6 nitrogen and oxygen atoms in total. The number of carbonyl (C=O) groups excluding carboxylic acids is 3. The van der Waals surface area contributed by atoms with Crippen LogP contribution < -0.4 is 0 Å². The van der Waals surface area contributed by atoms with Crippen molar-refractivity contribution < 1.29 is 28.6 Å². The van der Waals surface area contributed by atoms with E-state index in [9.17, 15) is 14.4 Å². The highest BCUT2D eigenvalue weighted by Gasteiger charge is 2.19. The molecular formula is C65H112O6. The van der Waals surface area contributed by atoms with Gasteiger partial charge in [0, 0.05) is 19.3 Å². The van der Waals surface area contributed by atoms with Gasteiger partial charge in [-0.05, 0) is 89.9 Å². The lowest BCUT2D eigenvalue weighted by molar-refractivity contribution is -0.167. The summed E-state index contributed by atoms with van der Waals surface area (Å²) in [4.78, 5) is 38.0. The van der Waals surface area contributed by atoms with Gasteiger partial charge < -0.3 is 14.2 Å². The molecule has 0 N–H and O–H groups in total. The minimum atomic E-state index is -0.779. The Hall–Kier alpha value is -3.41. The zero-order valence-corrected chi connectivity index (χ0v) is 46.7. The Labute approximate surface area is 439 Å². The monoisotopic (exact) mass is 989 g/mol. The molecule has 0 heterocycles. The van der Waals surface area contributed by atoms with Crippen LogP contribution in [0.5, 0.6) is 0 Å². The molecule has 0 rings (SSSR count). The molecule has 408 valence electrons. The van der Waals surface area contributed by atoms with Crippen molar-refractivity contribution >= 4 is 17.9 Å². The van der Waals surface area contributed by atoms with E-state index in [1.807, 2.05) is 0 Å². The third kappa shape index (κ3) is 57.4. The summed E-state index contributed by atoms with van der Waals surface area (Å²) in [6.45, 7) is 6.44. The molecule has 0 fully saturated rings. The van der Waals surface area contributed by atoms with E-state index in [0.29, 0.717) is 19.3 Å². The molecule has 0 aliphatic heterocycles. The number of unbranched alkanes of at least 4 members (excludes halogenated alkanes) is 29. The Kier molecular flexibility index (Phi) is 56.3. The van der Waals surface area contributed by atoms with Crippen LogP contribution in [0.4, 0.5) is 0 Å². The van der Waals surface area contributed by atoms with Crippen LogP contribution in [0.2, 0.25) is 0 Å². The summed E-state index contributed by atoms with van der Waals surface area (Å²) in [6.07, 6.45) is 77.5. The van der Waals surface area contributed by atoms with Crippen LogP contribution in [0.1, 0.15) is 290 Å². The van der Waals surface area contributed by atoms with Crippen molar-refractivity contribution in [1.82, 2.24) is 0 Å². The lowest BCUT2D eigenvalue weighted by atomic mass is 10.0. The summed E-state index contributed by atoms with van der Waals surface area (Å²) in [5.41, 5.74) is 0. The third-order valence-corrected chi connectivity index (χ3v) is 12.9. The van der Waals surface area contributed by atoms with Gasteiger partial charge in [0.25, 0.3) is 0 Å². The van der Waals surface area contributed by atoms with Crippen molar-refractivity contribution in [2.45, 2.75) is 297 Å². The van der Waals surface area contributed by atoms with E-state index in [0.717, 1.165) is 122 Å². The van der Waals surface area contributed by atoms with Crippen LogP contribution in [0.3, 0.4) is 0 Å². The van der Waals surface area contributed by atoms with Crippen LogP contribution in [0.15, 0.2) is 85.1 Å². The number of allylic oxidation sites excluding steroid dienone is 14. The van der Waals surface area contributed by atoms with Gasteiger partial charge in [-0.2, -0.15) is 0 Å². The Bertz CT molecular complexity index is 1370. The van der Waals surface area contributed by atoms with E-state index in [2.05, 4.69) is 106 Å². The smallest absolute Gasteiger partial charge is 0.306 e. The fourth-order valence-corrected chi connectivity index (χ4v) is 8.39. The molecule has 0 aromatic carbocycles. The number of hydrogen-bond acceptors (Lipinski definition) is 6. The quantitative estimate of drug-likeness (QED) is 0.0261. The van der Waals surface area contributed by atoms with E-state index in [1.54, 1.807) is 0 Å². The molecule has 71 heavy (non-hydrogen) atoms. The van der Waals surface area contributed by atoms with Gasteiger partial charge in [-0.15, -0.1) is 0 Å². The third-order valence-electron chi connectivity index (χ3n) is 12.9. The van der Waals surface area contributed by atoms with Crippen LogP contribution in [0.25, 0.3) is 0 Å². The summed E-state index contributed by atoms with van der Waals surface area (Å²) in [5.74, 6) is -0.889. The first-order chi connectivity index (χ1) is 35.0. The Balaban J connectivity index is 4.09. The van der Waals surface area contributed by atoms with E-state index >= 15 is 0 Å². The fourth-order valence-electron chi connectivity index (χ4n) is 8.39. The van der Waals surface area contributed by atoms with Crippen molar-refractivity contribution in [2.24, 2.45) is 0 Å². The SMILES string of the molecule is CC/C=C\C/C=C\C/C=C\C/C=C\C/C=C\CCCCCCCCCCCCCCCCCC(=O)OCC(COC(=O)CCCCCCCCCCC)OC(=O)CCCCCCC/C=C\C/C=C\CCC. The molecule has 0 aromatic rings. The second-order valence-electron chi connectivity index (χ2n) is 19.9. The minimum absolute atomic E-state index is 0.0787. The molecule has 0 saturated carbocycles. The van der Waals surface area contributed by atoms with Gasteiger partial charge >= 0.3 is 17.9 Å². The topological polar surface area (TPSA) is 78.9 Å². The average Bonchev–Trinajstić information content (AvgIpc) is 3.37. The van der Waals surface area contributed by atoms with Crippen LogP contribution in [-0.4, -0.2) is 37.2 Å². The summed E-state index contributed by atoms with van der Waals surface area (Å²) in [5, 5.41) is 0. The number of esters is 3. The van der Waals surface area contributed by atoms with E-state index in [4.69, 9.17) is 14.2 Å². The van der Waals surface area contributed by atoms with Gasteiger partial charge in [-0.3, -0.25) is 14.4 Å². The van der Waals surface area contributed by atoms with Crippen molar-refractivity contribution in [3.05, 3.63) is 85.1 Å². The zero-order chi connectivity index (χ0) is 51.4. The van der Waals surface area contributed by atoms with Gasteiger partial charge in [0.1, 0.15) is 13.2 Å². The van der Waals surface area contributed by atoms with Crippen LogP contribution >= 0.6 is 0 Å². The second-order valence-corrected chi connectivity index (χ2v) is 19.9. The van der Waals surface area contributed by atoms with Gasteiger partial charge in [0.2, 0.25) is 0 Å². The van der Waals surface area contributed by atoms with Crippen molar-refractivity contribution in [3.8, 4) is 0 Å². The molecule has 1 unspecified atom stereocenters. The maximum absolute atomic E-state index is 12.8. The van der Waals surface area contributed by atoms with Crippen molar-refractivity contribution in [1.29, 1.82) is 0 Å². The number of rotatable bonds is 54. The predicted molar refractivity (Wildman–Crippen MR) is 307 cm³/mol. The summed E-state index contributed by atoms with van der Waals surface area (Å²) in [6, 6.07) is 0. The molecule has 0 aliphatic rings. The molecule has 1 atom stereocenters. The minimum Gasteiger partial charge on any atom is -0.462 e. The zero-order valence-electron chi connectivity index (χ0n) is 46.7. The summed E-state index contributed by atoms with van der Waals surface area (Å²) in [7, 11) is 0. The number of hydrogen-bond donors (Lipinski definition) is 0. The molecule has 0 saturated heterocycles. The normalized spacial score (nSPS) is 12.7. The van der Waals surface area contributed by atoms with Gasteiger partial charge in [-0.25, -0.2) is 0 Å². The van der Waals surface area contributed by atoms with Gasteiger partial charge in [-0.1, -0.05) is 266 Å². The summed E-state index contributed by atoms with van der Waals surface area (Å²) < 4.78 is 16.8. The summed E-state index contributed by atoms with van der Waals surface area (Å²) >= 11 is 0. The first-order valence-corrected chi connectivity index (χ1v) is 30.1. The van der Waals surface area contributed by atoms with E-state index < -0.39 is 6.10 Å². The fraction of sp³-hybridized carbons (Fsp3) is 0.738. The van der Waals surface area contributed by atoms with Crippen molar-refractivity contribution in [3.63, 3.8) is 0 Å². The van der Waals surface area contributed by atoms with Crippen molar-refractivity contribution in [2.75, 3.05) is 13.2 Å². The molecule has 0 aromatic heterocycles. The molecule has 0 amide bonds. The largest absolute Gasteiger partial charge is 0.462 e. The molecule has 6 heteroatoms. The van der Waals surface area contributed by atoms with E-state index in [1.165, 1.54) is 128 Å². The van der Waals surface area contributed by atoms with E-state index in [-0.39, 0.29) is 31.1 Å². The Morgan fingerprint density at radius 3 is 0.915 bits per heavy atom. The highest BCUT2D eigenvalue weighted by molar-refractivity contribution is 5.71. The Morgan fingerprint density at radius 2 is 0.577 bits per heavy atom. The number of carbonyl (C=O) groups is 3. The predicted octanol–water partition coefficient (Wildman–Crippen LogP) is 20.3. The first-order valence-electron chi connectivity index (χ1n) is 30.1. The molecule has 0 radical (unpaired) electrons. The van der Waals surface area contributed by atoms with Crippen LogP contribution in [0, 0.1) is 0 Å². The van der Waals surface area contributed by atoms with Crippen LogP contribution in [-0.2, 0) is 28.6 Å². The highest BCUT2D eigenvalue weighted by Crippen LogP contribution is 2.16. The lowest BCUT2D eigenvalue weighted by Gasteiger charge is -2.18. The molecule has 0 spiro atoms. The maximum Gasteiger partial charge on any atom is 0.306 e. The second kappa shape index (κ2) is 59.2. The molecular weight excluding hydrogens is 877 g/mol. The maximum atomic E-state index is 12.8. The van der Waals surface area contributed by atoms with Gasteiger partial charge in [0.05, 0.1) is 0 Å².